The van der Waals surface area contributed by atoms with E-state index in [9.17, 15) is 29.4 Å². The normalized spacial score (nSPS) is 23.5. The van der Waals surface area contributed by atoms with Crippen molar-refractivity contribution in [2.45, 2.75) is 37.3 Å². The fourth-order valence-electron chi connectivity index (χ4n) is 3.64. The third kappa shape index (κ3) is 5.04. The zero-order valence-electron chi connectivity index (χ0n) is 18.4. The standard InChI is InChI=1S/C20H24N5O9P/c1-2-32-19(28)20(35(29,30)31)33-8-11-13(26)14(27)18(34-11)25-9-22-12-15(21)23-16(24-17(12)25)10-6-4-3-5-7-10/h3-7,9,11,13-14,18,20,26-27H,2,8H2,1H3,(H2,21,23,24)(H2,29,30,31)/t11-,13+,14-,18-,20-/m1/s1. The zero-order valence-corrected chi connectivity index (χ0v) is 19.3. The summed E-state index contributed by atoms with van der Waals surface area (Å²) in [6.45, 7) is 0.725. The molecule has 0 amide bonds. The van der Waals surface area contributed by atoms with Gasteiger partial charge < -0.3 is 39.9 Å². The molecule has 6 N–H and O–H groups in total. The van der Waals surface area contributed by atoms with Crippen LogP contribution in [0.2, 0.25) is 0 Å². The maximum Gasteiger partial charge on any atom is 0.365 e. The molecular weight excluding hydrogens is 485 g/mol. The van der Waals surface area contributed by atoms with Gasteiger partial charge in [-0.2, -0.15) is 0 Å². The van der Waals surface area contributed by atoms with E-state index < -0.39 is 50.6 Å². The molecule has 2 aromatic heterocycles. The van der Waals surface area contributed by atoms with Gasteiger partial charge in [-0.3, -0.25) is 9.13 Å². The SMILES string of the molecule is CCOC(=O)[C@H](OC[C@H]1O[C@@H](n2cnc3c(N)nc(-c4ccccc4)nc32)[C@H](O)[C@H]1O)P(=O)(O)O. The van der Waals surface area contributed by atoms with Crippen LogP contribution < -0.4 is 5.73 Å². The number of nitrogens with zero attached hydrogens (tertiary/aromatic N) is 4. The van der Waals surface area contributed by atoms with Crippen LogP contribution in [-0.2, 0) is 23.6 Å². The molecule has 3 heterocycles. The molecule has 15 heteroatoms. The van der Waals surface area contributed by atoms with Crippen molar-refractivity contribution in [1.82, 2.24) is 19.5 Å². The molecular formula is C20H24N5O9P. The first-order chi connectivity index (χ1) is 16.6. The Kier molecular flexibility index (Phi) is 7.15. The van der Waals surface area contributed by atoms with Gasteiger partial charge >= 0.3 is 13.6 Å². The number of benzene rings is 1. The highest BCUT2D eigenvalue weighted by Crippen LogP contribution is 2.43. The first-order valence-corrected chi connectivity index (χ1v) is 12.2. The van der Waals surface area contributed by atoms with E-state index in [1.54, 1.807) is 12.1 Å². The van der Waals surface area contributed by atoms with Crippen molar-refractivity contribution < 1.29 is 43.6 Å². The zero-order chi connectivity index (χ0) is 25.3. The number of imidazole rings is 1. The Morgan fingerprint density at radius 3 is 2.60 bits per heavy atom. The number of aliphatic hydroxyl groups excluding tert-OH is 2. The Hall–Kier alpha value is -2.97. The van der Waals surface area contributed by atoms with E-state index >= 15 is 0 Å². The predicted octanol–water partition coefficient (Wildman–Crippen LogP) is -0.222. The van der Waals surface area contributed by atoms with Gasteiger partial charge in [0.25, 0.3) is 5.85 Å². The van der Waals surface area contributed by atoms with Crippen molar-refractivity contribution in [3.63, 3.8) is 0 Å². The minimum absolute atomic E-state index is 0.0967. The highest BCUT2D eigenvalue weighted by atomic mass is 31.2. The number of carbonyl (C=O) groups is 1. The van der Waals surface area contributed by atoms with Crippen LogP contribution in [0.15, 0.2) is 36.7 Å². The highest BCUT2D eigenvalue weighted by molar-refractivity contribution is 7.53. The largest absolute Gasteiger partial charge is 0.464 e. The number of hydrogen-bond acceptors (Lipinski definition) is 11. The Balaban J connectivity index is 1.58. The van der Waals surface area contributed by atoms with Crippen LogP contribution in [0.3, 0.4) is 0 Å². The van der Waals surface area contributed by atoms with Gasteiger partial charge in [-0.05, 0) is 6.92 Å². The summed E-state index contributed by atoms with van der Waals surface area (Å²) in [6.07, 6.45) is -4.15. The van der Waals surface area contributed by atoms with Crippen LogP contribution in [0, 0.1) is 0 Å². The molecule has 1 fully saturated rings. The lowest BCUT2D eigenvalue weighted by atomic mass is 10.1. The summed E-state index contributed by atoms with van der Waals surface area (Å²) < 4.78 is 28.4. The molecule has 0 bridgehead atoms. The molecule has 0 aliphatic carbocycles. The Bertz CT molecular complexity index is 1250. The van der Waals surface area contributed by atoms with Gasteiger partial charge in [-0.15, -0.1) is 0 Å². The van der Waals surface area contributed by atoms with Gasteiger partial charge in [0.1, 0.15) is 23.8 Å². The number of nitrogens with two attached hydrogens (primary N) is 1. The number of esters is 1. The van der Waals surface area contributed by atoms with Crippen LogP contribution in [0.25, 0.3) is 22.6 Å². The molecule has 0 saturated carbocycles. The summed E-state index contributed by atoms with van der Waals surface area (Å²) in [4.78, 5) is 43.7. The number of nitrogen functional groups attached to an aromatic ring is 1. The van der Waals surface area contributed by atoms with Crippen molar-refractivity contribution in [3.05, 3.63) is 36.7 Å². The van der Waals surface area contributed by atoms with E-state index in [4.69, 9.17) is 15.2 Å². The molecule has 0 radical (unpaired) electrons. The quantitative estimate of drug-likeness (QED) is 0.196. The molecule has 1 aromatic carbocycles. The highest BCUT2D eigenvalue weighted by Gasteiger charge is 2.46. The van der Waals surface area contributed by atoms with Gasteiger partial charge in [0.15, 0.2) is 23.5 Å². The Labute approximate surface area is 198 Å². The van der Waals surface area contributed by atoms with Crippen LogP contribution in [0.5, 0.6) is 0 Å². The van der Waals surface area contributed by atoms with E-state index in [1.807, 2.05) is 18.2 Å². The number of carbonyl (C=O) groups excluding carboxylic acids is 1. The lowest BCUT2D eigenvalue weighted by Gasteiger charge is -2.20. The number of rotatable bonds is 8. The lowest BCUT2D eigenvalue weighted by Crippen LogP contribution is -2.36. The van der Waals surface area contributed by atoms with E-state index in [2.05, 4.69) is 19.7 Å². The van der Waals surface area contributed by atoms with Crippen LogP contribution in [0.1, 0.15) is 13.2 Å². The number of fused-ring (bicyclic) bond motifs is 1. The van der Waals surface area contributed by atoms with E-state index in [1.165, 1.54) is 17.8 Å². The van der Waals surface area contributed by atoms with Gasteiger partial charge in [-0.25, -0.2) is 19.7 Å². The van der Waals surface area contributed by atoms with Gasteiger partial charge in [-0.1, -0.05) is 30.3 Å². The second-order valence-corrected chi connectivity index (χ2v) is 9.34. The van der Waals surface area contributed by atoms with Gasteiger partial charge in [0.2, 0.25) is 0 Å². The average molecular weight is 509 g/mol. The van der Waals surface area contributed by atoms with Crippen LogP contribution >= 0.6 is 7.60 Å². The van der Waals surface area contributed by atoms with E-state index in [0.29, 0.717) is 11.4 Å². The monoisotopic (exact) mass is 509 g/mol. The van der Waals surface area contributed by atoms with Crippen molar-refractivity contribution >= 4 is 30.5 Å². The first kappa shape index (κ1) is 25.1. The molecule has 0 spiro atoms. The third-order valence-corrected chi connectivity index (χ3v) is 6.27. The molecule has 1 aliphatic rings. The molecule has 4 rings (SSSR count). The van der Waals surface area contributed by atoms with E-state index in [0.717, 1.165) is 0 Å². The first-order valence-electron chi connectivity index (χ1n) is 10.5. The topological polar surface area (TPSA) is 212 Å². The molecule has 1 saturated heterocycles. The molecule has 0 unspecified atom stereocenters. The van der Waals surface area contributed by atoms with Crippen LogP contribution in [0.4, 0.5) is 5.82 Å². The molecule has 188 valence electrons. The van der Waals surface area contributed by atoms with Crippen molar-refractivity contribution in [2.75, 3.05) is 18.9 Å². The fourth-order valence-corrected chi connectivity index (χ4v) is 4.27. The smallest absolute Gasteiger partial charge is 0.365 e. The summed E-state index contributed by atoms with van der Waals surface area (Å²) >= 11 is 0. The Morgan fingerprint density at radius 2 is 1.94 bits per heavy atom. The summed E-state index contributed by atoms with van der Waals surface area (Å²) in [5, 5.41) is 21.1. The summed E-state index contributed by atoms with van der Waals surface area (Å²) in [5.74, 6) is -3.06. The summed E-state index contributed by atoms with van der Waals surface area (Å²) in [5.41, 5.74) is 7.22. The van der Waals surface area contributed by atoms with Crippen LogP contribution in [-0.4, -0.2) is 82.9 Å². The molecule has 3 aromatic rings. The second kappa shape index (κ2) is 9.95. The average Bonchev–Trinajstić information content (AvgIpc) is 3.35. The molecule has 5 atom stereocenters. The van der Waals surface area contributed by atoms with E-state index in [-0.39, 0.29) is 23.6 Å². The lowest BCUT2D eigenvalue weighted by molar-refractivity contribution is -0.155. The van der Waals surface area contributed by atoms with Gasteiger partial charge in [0, 0.05) is 5.56 Å². The third-order valence-electron chi connectivity index (χ3n) is 5.30. The number of hydrogen-bond donors (Lipinski definition) is 5. The molecule has 1 aliphatic heterocycles. The van der Waals surface area contributed by atoms with Crippen molar-refractivity contribution in [2.24, 2.45) is 0 Å². The van der Waals surface area contributed by atoms with Crippen molar-refractivity contribution in [1.29, 1.82) is 0 Å². The minimum Gasteiger partial charge on any atom is -0.464 e. The number of aromatic nitrogens is 4. The maximum absolute atomic E-state index is 11.9. The Morgan fingerprint density at radius 1 is 1.23 bits per heavy atom. The fraction of sp³-hybridized carbons (Fsp3) is 0.400. The molecule has 14 nitrogen and oxygen atoms in total. The number of aliphatic hydroxyl groups is 2. The summed E-state index contributed by atoms with van der Waals surface area (Å²) in [7, 11) is -5.03. The summed E-state index contributed by atoms with van der Waals surface area (Å²) in [6, 6.07) is 9.03. The maximum atomic E-state index is 11.9. The number of ether oxygens (including phenoxy) is 3. The molecule has 35 heavy (non-hydrogen) atoms. The minimum atomic E-state index is -5.03. The van der Waals surface area contributed by atoms with Gasteiger partial charge in [0.05, 0.1) is 19.5 Å². The predicted molar refractivity (Wildman–Crippen MR) is 120 cm³/mol. The number of anilines is 1. The second-order valence-electron chi connectivity index (χ2n) is 7.70. The van der Waals surface area contributed by atoms with Crippen molar-refractivity contribution in [3.8, 4) is 11.4 Å².